The number of cyclic esters (lactones) is 1. The van der Waals surface area contributed by atoms with E-state index in [1.165, 1.54) is 16.9 Å². The Morgan fingerprint density at radius 2 is 1.61 bits per heavy atom. The van der Waals surface area contributed by atoms with Crippen molar-refractivity contribution in [1.82, 2.24) is 4.90 Å². The molecule has 2 aromatic rings. The highest BCUT2D eigenvalue weighted by Crippen LogP contribution is 2.47. The molecule has 1 aliphatic carbocycles. The number of ether oxygens (including phenoxy) is 3. The van der Waals surface area contributed by atoms with Crippen LogP contribution >= 0.6 is 0 Å². The largest absolute Gasteiger partial charge is 0.496 e. The zero-order valence-corrected chi connectivity index (χ0v) is 29.2. The minimum Gasteiger partial charge on any atom is -0.496 e. The number of amides is 2. The van der Waals surface area contributed by atoms with Crippen LogP contribution in [0.2, 0.25) is 0 Å². The van der Waals surface area contributed by atoms with Crippen LogP contribution in [-0.2, 0) is 21.8 Å². The number of nitrogens with zero attached hydrogens (tertiary/aromatic N) is 2. The fourth-order valence-corrected chi connectivity index (χ4v) is 6.40. The lowest BCUT2D eigenvalue weighted by Gasteiger charge is -2.36. The van der Waals surface area contributed by atoms with Crippen molar-refractivity contribution in [2.24, 2.45) is 5.41 Å². The predicted molar refractivity (Wildman–Crippen MR) is 173 cm³/mol. The summed E-state index contributed by atoms with van der Waals surface area (Å²) in [6.45, 7) is 14.8. The molecule has 0 aromatic heterocycles. The van der Waals surface area contributed by atoms with Crippen LogP contribution in [0.5, 0.6) is 5.75 Å². The van der Waals surface area contributed by atoms with Crippen LogP contribution in [0.15, 0.2) is 42.0 Å². The molecular formula is C36H44F6N2O5. The highest BCUT2D eigenvalue weighted by atomic mass is 19.4. The fourth-order valence-electron chi connectivity index (χ4n) is 6.40. The fraction of sp³-hybridized carbons (Fsp3) is 0.556. The summed E-state index contributed by atoms with van der Waals surface area (Å²) in [7, 11) is 1.52. The van der Waals surface area contributed by atoms with E-state index in [4.69, 9.17) is 14.2 Å². The first-order chi connectivity index (χ1) is 22.4. The van der Waals surface area contributed by atoms with Crippen molar-refractivity contribution in [2.75, 3.05) is 18.6 Å². The maximum absolute atomic E-state index is 13.6. The maximum Gasteiger partial charge on any atom is 0.416 e. The van der Waals surface area contributed by atoms with Gasteiger partial charge in [-0.2, -0.15) is 26.3 Å². The SMILES string of the molecule is COc1ccc(N(C(=O)OC(C)(C)C)C(C)C)cc1C1=C(CN2C(=O)O[C@H](c3cc(C(F)(F)F)cc(C(F)(F)F)c3)[C@@H]2C)CC(C)(C)CC1. The van der Waals surface area contributed by atoms with Crippen LogP contribution in [0.25, 0.3) is 5.57 Å². The number of anilines is 1. The van der Waals surface area contributed by atoms with Crippen LogP contribution in [-0.4, -0.2) is 48.4 Å². The summed E-state index contributed by atoms with van der Waals surface area (Å²) in [4.78, 5) is 29.4. The number of carbonyl (C=O) groups is 2. The first kappa shape index (κ1) is 37.9. The Kier molecular flexibility index (Phi) is 10.4. The molecule has 0 unspecified atom stereocenters. The summed E-state index contributed by atoms with van der Waals surface area (Å²) >= 11 is 0. The van der Waals surface area contributed by atoms with Gasteiger partial charge in [0.2, 0.25) is 0 Å². The number of alkyl halides is 6. The van der Waals surface area contributed by atoms with Gasteiger partial charge in [0, 0.05) is 23.8 Å². The molecule has 49 heavy (non-hydrogen) atoms. The minimum atomic E-state index is -5.04. The van der Waals surface area contributed by atoms with Crippen molar-refractivity contribution in [3.05, 3.63) is 64.2 Å². The van der Waals surface area contributed by atoms with E-state index >= 15 is 0 Å². The lowest BCUT2D eigenvalue weighted by atomic mass is 9.72. The molecule has 0 N–H and O–H groups in total. The average Bonchev–Trinajstić information content (AvgIpc) is 3.23. The average molecular weight is 699 g/mol. The summed E-state index contributed by atoms with van der Waals surface area (Å²) in [6, 6.07) is 5.44. The van der Waals surface area contributed by atoms with Crippen molar-refractivity contribution in [3.8, 4) is 5.75 Å². The quantitative estimate of drug-likeness (QED) is 0.269. The summed E-state index contributed by atoms with van der Waals surface area (Å²) in [5.41, 5.74) is -1.30. The standard InChI is InChI=1S/C36H44F6N2O5/c1-20(2)44(32(46)49-33(4,5)6)26-10-11-29(47-9)28(17-26)27-12-13-34(7,8)18-23(27)19-43-21(3)30(48-31(43)45)22-14-24(35(37,38)39)16-25(15-22)36(40,41)42/h10-11,14-17,20-21,30H,12-13,18-19H2,1-9H3/t21-,30-/m0/s1. The van der Waals surface area contributed by atoms with E-state index < -0.39 is 59.0 Å². The molecule has 1 fully saturated rings. The molecule has 4 rings (SSSR count). The van der Waals surface area contributed by atoms with E-state index in [1.54, 1.807) is 39.8 Å². The van der Waals surface area contributed by atoms with Gasteiger partial charge in [-0.25, -0.2) is 9.59 Å². The smallest absolute Gasteiger partial charge is 0.416 e. The molecule has 2 amide bonds. The molecule has 1 aliphatic heterocycles. The number of hydrogen-bond acceptors (Lipinski definition) is 5. The zero-order chi connectivity index (χ0) is 36.9. The Balaban J connectivity index is 1.77. The van der Waals surface area contributed by atoms with Gasteiger partial charge >= 0.3 is 24.5 Å². The van der Waals surface area contributed by atoms with Crippen molar-refractivity contribution < 1.29 is 50.1 Å². The number of hydrogen-bond donors (Lipinski definition) is 0. The lowest BCUT2D eigenvalue weighted by Crippen LogP contribution is -2.41. The van der Waals surface area contributed by atoms with Gasteiger partial charge in [-0.05, 0) is 119 Å². The Morgan fingerprint density at radius 1 is 1.02 bits per heavy atom. The van der Waals surface area contributed by atoms with Gasteiger partial charge < -0.3 is 14.2 Å². The number of benzene rings is 2. The Hall–Kier alpha value is -3.90. The molecule has 0 saturated carbocycles. The van der Waals surface area contributed by atoms with Crippen molar-refractivity contribution in [2.45, 2.75) is 111 Å². The molecule has 0 spiro atoms. The lowest BCUT2D eigenvalue weighted by molar-refractivity contribution is -0.143. The second-order valence-electron chi connectivity index (χ2n) is 14.8. The van der Waals surface area contributed by atoms with Crippen molar-refractivity contribution >= 4 is 23.4 Å². The first-order valence-corrected chi connectivity index (χ1v) is 16.1. The summed E-state index contributed by atoms with van der Waals surface area (Å²) in [6.07, 6.45) is -10.9. The third-order valence-electron chi connectivity index (χ3n) is 8.76. The number of carbonyl (C=O) groups excluding carboxylic acids is 2. The summed E-state index contributed by atoms with van der Waals surface area (Å²) < 4.78 is 98.7. The second-order valence-corrected chi connectivity index (χ2v) is 14.8. The monoisotopic (exact) mass is 698 g/mol. The van der Waals surface area contributed by atoms with Gasteiger partial charge in [0.1, 0.15) is 17.5 Å². The van der Waals surface area contributed by atoms with Crippen LogP contribution in [0.4, 0.5) is 41.6 Å². The van der Waals surface area contributed by atoms with Crippen molar-refractivity contribution in [1.29, 1.82) is 0 Å². The van der Waals surface area contributed by atoms with Gasteiger partial charge in [-0.15, -0.1) is 0 Å². The van der Waals surface area contributed by atoms with E-state index in [2.05, 4.69) is 13.8 Å². The molecule has 7 nitrogen and oxygen atoms in total. The Labute approximate surface area is 283 Å². The third kappa shape index (κ3) is 8.64. The van der Waals surface area contributed by atoms with Gasteiger partial charge in [0.25, 0.3) is 0 Å². The molecule has 2 aliphatic rings. The normalized spacial score (nSPS) is 20.1. The van der Waals surface area contributed by atoms with Crippen LogP contribution in [0.1, 0.15) is 103 Å². The van der Waals surface area contributed by atoms with Crippen molar-refractivity contribution in [3.63, 3.8) is 0 Å². The molecule has 270 valence electrons. The van der Waals surface area contributed by atoms with E-state index in [-0.39, 0.29) is 24.1 Å². The summed E-state index contributed by atoms with van der Waals surface area (Å²) in [5, 5.41) is 0. The maximum atomic E-state index is 13.6. The summed E-state index contributed by atoms with van der Waals surface area (Å²) in [5.74, 6) is 0.530. The van der Waals surface area contributed by atoms with E-state index in [1.807, 2.05) is 19.9 Å². The predicted octanol–water partition coefficient (Wildman–Crippen LogP) is 10.4. The number of rotatable bonds is 7. The number of allylic oxidation sites excluding steroid dienone is 1. The van der Waals surface area contributed by atoms with Gasteiger partial charge in [-0.3, -0.25) is 9.80 Å². The zero-order valence-electron chi connectivity index (χ0n) is 29.2. The van der Waals surface area contributed by atoms with E-state index in [9.17, 15) is 35.9 Å². The van der Waals surface area contributed by atoms with E-state index in [0.717, 1.165) is 17.6 Å². The third-order valence-corrected chi connectivity index (χ3v) is 8.76. The van der Waals surface area contributed by atoms with Crippen LogP contribution in [0, 0.1) is 5.41 Å². The van der Waals surface area contributed by atoms with Gasteiger partial charge in [-0.1, -0.05) is 13.8 Å². The highest BCUT2D eigenvalue weighted by Gasteiger charge is 2.44. The Bertz CT molecular complexity index is 1570. The van der Waals surface area contributed by atoms with E-state index in [0.29, 0.717) is 42.0 Å². The molecule has 0 bridgehead atoms. The molecule has 0 radical (unpaired) electrons. The highest BCUT2D eigenvalue weighted by molar-refractivity contribution is 5.90. The molecule has 1 saturated heterocycles. The van der Waals surface area contributed by atoms with Gasteiger partial charge in [0.05, 0.1) is 24.3 Å². The number of halogens is 6. The van der Waals surface area contributed by atoms with Crippen LogP contribution in [0.3, 0.4) is 0 Å². The number of methoxy groups -OCH3 is 1. The molecule has 2 atom stereocenters. The molecule has 1 heterocycles. The topological polar surface area (TPSA) is 68.3 Å². The molecular weight excluding hydrogens is 654 g/mol. The second kappa shape index (κ2) is 13.4. The minimum absolute atomic E-state index is 0.0215. The molecule has 2 aromatic carbocycles. The molecule has 13 heteroatoms. The Morgan fingerprint density at radius 3 is 2.12 bits per heavy atom. The van der Waals surface area contributed by atoms with Crippen LogP contribution < -0.4 is 9.64 Å². The first-order valence-electron chi connectivity index (χ1n) is 16.1. The van der Waals surface area contributed by atoms with Gasteiger partial charge in [0.15, 0.2) is 0 Å².